The average molecular weight is 306 g/mol. The molecule has 112 valence electrons. The fourth-order valence-electron chi connectivity index (χ4n) is 3.03. The monoisotopic (exact) mass is 306 g/mol. The van der Waals surface area contributed by atoms with Crippen molar-refractivity contribution in [3.63, 3.8) is 0 Å². The van der Waals surface area contributed by atoms with Crippen molar-refractivity contribution in [2.24, 2.45) is 0 Å². The minimum atomic E-state index is -0.457. The Morgan fingerprint density at radius 1 is 1.29 bits per heavy atom. The van der Waals surface area contributed by atoms with Crippen LogP contribution in [0.25, 0.3) is 0 Å². The Morgan fingerprint density at radius 3 is 2.38 bits per heavy atom. The maximum atomic E-state index is 12.4. The Morgan fingerprint density at radius 2 is 1.90 bits per heavy atom. The first-order valence-corrected chi connectivity index (χ1v) is 8.00. The van der Waals surface area contributed by atoms with E-state index in [1.165, 1.54) is 11.3 Å². The van der Waals surface area contributed by atoms with Crippen LogP contribution in [0.4, 0.5) is 9.93 Å². The van der Waals surface area contributed by atoms with Crippen LogP contribution in [0.15, 0.2) is 0 Å². The van der Waals surface area contributed by atoms with Gasteiger partial charge in [-0.25, -0.2) is 4.79 Å². The fraction of sp³-hybridized carbons (Fsp3) is 0.769. The number of piperazine rings is 1. The van der Waals surface area contributed by atoms with Crippen LogP contribution in [-0.4, -0.2) is 59.8 Å². The van der Waals surface area contributed by atoms with E-state index in [0.717, 1.165) is 31.1 Å². The van der Waals surface area contributed by atoms with Gasteiger partial charge in [0.1, 0.15) is 5.60 Å². The fourth-order valence-corrected chi connectivity index (χ4v) is 3.65. The predicted molar refractivity (Wildman–Crippen MR) is 82.4 cm³/mol. The zero-order valence-electron chi connectivity index (χ0n) is 12.6. The molecule has 1 aromatic heterocycles. The molecule has 1 aromatic rings. The van der Waals surface area contributed by atoms with Crippen molar-refractivity contribution in [1.29, 1.82) is 0 Å². The van der Waals surface area contributed by atoms with Crippen molar-refractivity contribution in [3.05, 3.63) is 0 Å². The van der Waals surface area contributed by atoms with Gasteiger partial charge in [0.15, 0.2) is 7.85 Å². The van der Waals surface area contributed by atoms with E-state index in [9.17, 15) is 4.79 Å². The highest BCUT2D eigenvalue weighted by molar-refractivity contribution is 7.22. The molecule has 1 amide bonds. The Labute approximate surface area is 129 Å². The molecule has 2 aliphatic heterocycles. The Hall–Kier alpha value is -1.31. The summed E-state index contributed by atoms with van der Waals surface area (Å²) in [5.74, 6) is 0. The first-order chi connectivity index (χ1) is 9.83. The van der Waals surface area contributed by atoms with Crippen molar-refractivity contribution >= 4 is 35.3 Å². The molecule has 0 N–H and O–H groups in total. The SMILES string of the molecule is [B]c1nnc(N2CC3CCC(C2)N3C(=O)OC(C)(C)C)s1. The number of anilines is 1. The molecule has 0 aromatic carbocycles. The molecule has 0 aliphatic carbocycles. The van der Waals surface area contributed by atoms with Gasteiger partial charge in [-0.15, -0.1) is 5.10 Å². The van der Waals surface area contributed by atoms with Gasteiger partial charge in [-0.3, -0.25) is 4.90 Å². The van der Waals surface area contributed by atoms with E-state index in [0.29, 0.717) is 4.91 Å². The quantitative estimate of drug-likeness (QED) is 0.722. The second-order valence-electron chi connectivity index (χ2n) is 6.60. The van der Waals surface area contributed by atoms with Crippen LogP contribution in [0, 0.1) is 0 Å². The number of ether oxygens (including phenoxy) is 1. The van der Waals surface area contributed by atoms with Gasteiger partial charge in [-0.05, 0) is 33.6 Å². The smallest absolute Gasteiger partial charge is 0.410 e. The minimum Gasteiger partial charge on any atom is -0.444 e. The molecular formula is C13H19BN4O2S. The molecule has 2 saturated heterocycles. The molecular weight excluding hydrogens is 287 g/mol. The van der Waals surface area contributed by atoms with Gasteiger partial charge in [-0.2, -0.15) is 5.10 Å². The van der Waals surface area contributed by atoms with Gasteiger partial charge in [-0.1, -0.05) is 11.3 Å². The van der Waals surface area contributed by atoms with E-state index in [1.807, 2.05) is 25.7 Å². The van der Waals surface area contributed by atoms with Gasteiger partial charge in [0.25, 0.3) is 0 Å². The molecule has 0 saturated carbocycles. The van der Waals surface area contributed by atoms with Gasteiger partial charge in [0, 0.05) is 13.1 Å². The number of hydrogen-bond acceptors (Lipinski definition) is 6. The third-order valence-electron chi connectivity index (χ3n) is 3.79. The van der Waals surface area contributed by atoms with Crippen LogP contribution in [0.2, 0.25) is 0 Å². The summed E-state index contributed by atoms with van der Waals surface area (Å²) in [6, 6.07) is 0.368. The molecule has 3 heterocycles. The molecule has 21 heavy (non-hydrogen) atoms. The van der Waals surface area contributed by atoms with Crippen molar-refractivity contribution in [3.8, 4) is 0 Å². The topological polar surface area (TPSA) is 58.6 Å². The average Bonchev–Trinajstić information content (AvgIpc) is 2.89. The van der Waals surface area contributed by atoms with E-state index < -0.39 is 5.60 Å². The molecule has 8 heteroatoms. The van der Waals surface area contributed by atoms with E-state index >= 15 is 0 Å². The summed E-state index contributed by atoms with van der Waals surface area (Å²) in [5.41, 5.74) is -0.457. The molecule has 2 bridgehead atoms. The summed E-state index contributed by atoms with van der Waals surface area (Å²) in [4.78, 5) is 16.9. The van der Waals surface area contributed by atoms with E-state index in [2.05, 4.69) is 15.1 Å². The third-order valence-corrected chi connectivity index (χ3v) is 4.60. The Bertz CT molecular complexity index is 531. The second-order valence-corrected chi connectivity index (χ2v) is 7.59. The zero-order chi connectivity index (χ0) is 15.2. The third kappa shape index (κ3) is 3.00. The van der Waals surface area contributed by atoms with Crippen molar-refractivity contribution in [2.45, 2.75) is 51.3 Å². The van der Waals surface area contributed by atoms with Crippen LogP contribution in [-0.2, 0) is 4.74 Å². The lowest BCUT2D eigenvalue weighted by atomic mass is 10.2. The van der Waals surface area contributed by atoms with Gasteiger partial charge in [0.2, 0.25) is 5.13 Å². The summed E-state index contributed by atoms with van der Waals surface area (Å²) in [6.45, 7) is 7.22. The summed E-state index contributed by atoms with van der Waals surface area (Å²) >= 11 is 1.39. The number of carbonyl (C=O) groups excluding carboxylic acids is 1. The molecule has 2 unspecified atom stereocenters. The lowest BCUT2D eigenvalue weighted by Gasteiger charge is -2.41. The first kappa shape index (κ1) is 14.6. The number of carbonyl (C=O) groups is 1. The van der Waals surface area contributed by atoms with Crippen LogP contribution in [0.3, 0.4) is 0 Å². The van der Waals surface area contributed by atoms with Crippen LogP contribution in [0.1, 0.15) is 33.6 Å². The van der Waals surface area contributed by atoms with Gasteiger partial charge >= 0.3 is 6.09 Å². The number of hydrogen-bond donors (Lipinski definition) is 0. The molecule has 6 nitrogen and oxygen atoms in total. The van der Waals surface area contributed by atoms with Gasteiger partial charge in [0.05, 0.1) is 17.0 Å². The highest BCUT2D eigenvalue weighted by Crippen LogP contribution is 2.33. The van der Waals surface area contributed by atoms with Crippen LogP contribution >= 0.6 is 11.3 Å². The molecule has 2 atom stereocenters. The number of aromatic nitrogens is 2. The highest BCUT2D eigenvalue weighted by atomic mass is 32.1. The molecule has 3 rings (SSSR count). The Kier molecular flexibility index (Phi) is 3.59. The molecule has 2 radical (unpaired) electrons. The highest BCUT2D eigenvalue weighted by Gasteiger charge is 2.44. The normalized spacial score (nSPS) is 25.3. The van der Waals surface area contributed by atoms with Crippen molar-refractivity contribution < 1.29 is 9.53 Å². The standard InChI is InChI=1S/C13H19BN4O2S/c1-13(2,3)20-12(19)18-8-4-5-9(18)7-17(6-8)11-16-15-10(14)21-11/h8-9H,4-7H2,1-3H3. The molecule has 2 fully saturated rings. The molecule has 2 aliphatic rings. The first-order valence-electron chi connectivity index (χ1n) is 7.19. The number of fused-ring (bicyclic) bond motifs is 2. The van der Waals surface area contributed by atoms with Crippen LogP contribution in [0.5, 0.6) is 0 Å². The van der Waals surface area contributed by atoms with Gasteiger partial charge < -0.3 is 9.64 Å². The number of nitrogens with zero attached hydrogens (tertiary/aromatic N) is 4. The minimum absolute atomic E-state index is 0.184. The summed E-state index contributed by atoms with van der Waals surface area (Å²) in [7, 11) is 5.65. The second kappa shape index (κ2) is 5.16. The predicted octanol–water partition coefficient (Wildman–Crippen LogP) is 0.920. The zero-order valence-corrected chi connectivity index (χ0v) is 13.4. The van der Waals surface area contributed by atoms with E-state index in [4.69, 9.17) is 12.6 Å². The summed E-state index contributed by atoms with van der Waals surface area (Å²) in [6.07, 6.45) is 1.81. The van der Waals surface area contributed by atoms with Crippen molar-refractivity contribution in [1.82, 2.24) is 15.1 Å². The van der Waals surface area contributed by atoms with Crippen molar-refractivity contribution in [2.75, 3.05) is 18.0 Å². The lowest BCUT2D eigenvalue weighted by molar-refractivity contribution is 0.0123. The summed E-state index contributed by atoms with van der Waals surface area (Å²) < 4.78 is 5.53. The van der Waals surface area contributed by atoms with E-state index in [-0.39, 0.29) is 18.2 Å². The Balaban J connectivity index is 1.71. The number of amides is 1. The largest absolute Gasteiger partial charge is 0.444 e. The van der Waals surface area contributed by atoms with E-state index in [1.54, 1.807) is 0 Å². The number of rotatable bonds is 1. The maximum Gasteiger partial charge on any atom is 0.410 e. The lowest BCUT2D eigenvalue weighted by Crippen LogP contribution is -2.56. The maximum absolute atomic E-state index is 12.4. The molecule has 0 spiro atoms. The summed E-state index contributed by atoms with van der Waals surface area (Å²) in [5, 5.41) is 8.81. The van der Waals surface area contributed by atoms with Crippen LogP contribution < -0.4 is 9.81 Å².